The van der Waals surface area contributed by atoms with Crippen molar-refractivity contribution >= 4 is 67.7 Å². The van der Waals surface area contributed by atoms with Gasteiger partial charge in [0.15, 0.2) is 47.4 Å². The van der Waals surface area contributed by atoms with E-state index in [-0.39, 0.29) is 34.1 Å². The van der Waals surface area contributed by atoms with Gasteiger partial charge in [-0.05, 0) is 11.8 Å². The first-order valence-corrected chi connectivity index (χ1v) is 17.1. The van der Waals surface area contributed by atoms with Crippen LogP contribution in [0.5, 0.6) is 0 Å². The summed E-state index contributed by atoms with van der Waals surface area (Å²) >= 11 is 5.13. The molecule has 0 amide bonds. The molecule has 0 aromatic carbocycles. The quantitative estimate of drug-likeness (QED) is 0.159. The second kappa shape index (κ2) is 11.1. The number of anilines is 2. The molecule has 3 aliphatic rings. The molecule has 45 heavy (non-hydrogen) atoms. The number of nitrogens with two attached hydrogens (primary N) is 2. The lowest BCUT2D eigenvalue weighted by molar-refractivity contribution is -0.0566. The van der Waals surface area contributed by atoms with Crippen LogP contribution in [0, 0.1) is 0 Å². The van der Waals surface area contributed by atoms with E-state index in [9.17, 15) is 14.3 Å². The number of ether oxygens (including phenoxy) is 2. The average molecular weight is 688 g/mol. The highest BCUT2D eigenvalue weighted by Crippen LogP contribution is 2.54. The molecule has 0 aliphatic carbocycles. The van der Waals surface area contributed by atoms with Crippen LogP contribution in [0.2, 0.25) is 0 Å². The molecule has 6 N–H and O–H groups in total. The number of alkyl halides is 2. The Kier molecular flexibility index (Phi) is 7.55. The summed E-state index contributed by atoms with van der Waals surface area (Å²) in [4.78, 5) is 45.3. The second-order valence-corrected chi connectivity index (χ2v) is 14.5. The summed E-state index contributed by atoms with van der Waals surface area (Å²) in [5.41, 5.74) is 10.8. The summed E-state index contributed by atoms with van der Waals surface area (Å²) in [6.07, 6.45) is -9.99. The Labute approximate surface area is 255 Å². The third-order valence-electron chi connectivity index (χ3n) is 7.26. The molecule has 3 saturated heterocycles. The van der Waals surface area contributed by atoms with E-state index in [1.54, 1.807) is 0 Å². The van der Waals surface area contributed by atoms with Crippen LogP contribution >= 0.6 is 14.2 Å². The van der Waals surface area contributed by atoms with Crippen LogP contribution in [0.3, 0.4) is 0 Å². The van der Waals surface area contributed by atoms with Crippen molar-refractivity contribution < 1.29 is 45.8 Å². The van der Waals surface area contributed by atoms with Gasteiger partial charge in [0.25, 0.3) is 13.0 Å². The number of aromatic nitrogens is 8. The number of nitrogens with one attached hydrogen (secondary N) is 1. The lowest BCUT2D eigenvalue weighted by Crippen LogP contribution is -2.37. The van der Waals surface area contributed by atoms with E-state index >= 15 is 8.78 Å². The van der Waals surface area contributed by atoms with Crippen molar-refractivity contribution in [2.75, 3.05) is 24.7 Å². The van der Waals surface area contributed by atoms with Gasteiger partial charge in [-0.3, -0.25) is 28.0 Å². The fourth-order valence-electron chi connectivity index (χ4n) is 5.27. The number of H-pyrrole nitrogens is 1. The van der Waals surface area contributed by atoms with Gasteiger partial charge in [0.1, 0.15) is 36.3 Å². The zero-order chi connectivity index (χ0) is 31.8. The molecule has 4 aromatic rings. The fourth-order valence-corrected chi connectivity index (χ4v) is 7.71. The molecular formula is C20H21BF2N10O9P2S. The summed E-state index contributed by atoms with van der Waals surface area (Å²) in [7, 11) is 1.19. The molecule has 25 heteroatoms. The van der Waals surface area contributed by atoms with Gasteiger partial charge in [-0.15, -0.1) is 0 Å². The van der Waals surface area contributed by atoms with E-state index in [4.69, 9.17) is 58.4 Å². The van der Waals surface area contributed by atoms with Gasteiger partial charge in [0.05, 0.1) is 25.9 Å². The minimum absolute atomic E-state index is 0.0372. The average Bonchev–Trinajstić information content (AvgIpc) is 3.72. The number of hydrogen-bond donors (Lipinski definition) is 4. The molecule has 1 unspecified atom stereocenters. The predicted octanol–water partition coefficient (Wildman–Crippen LogP) is -0.0945. The zero-order valence-corrected chi connectivity index (χ0v) is 25.0. The number of nitrogen functional groups attached to an aromatic ring is 2. The number of halogens is 2. The zero-order valence-electron chi connectivity index (χ0n) is 22.4. The molecular weight excluding hydrogens is 667 g/mol. The standard InChI is InChI=1S/C20H21BF2N10O9P2S/c21-43(35)37-1-6-13(9(23)18(39-6)32-4-28-10-14(24)26-3-27-15(10)32)42-44(36,45)38-2-7-12(41-43)8(22)19(40-7)33-5-29-11-16(33)30-20(25)31-17(11)34/h3-9,12-13,18-19H,1-2H2,(H,36,45)(H2,24,26,27)(H3,25,30,31,34)/t6-,7-,8-,9-,12-,13-,18-,19-,43+,44?/m1/s1. The van der Waals surface area contributed by atoms with Crippen LogP contribution in [-0.2, 0) is 43.9 Å². The lowest BCUT2D eigenvalue weighted by Gasteiger charge is -2.29. The Hall–Kier alpha value is -2.98. The highest BCUT2D eigenvalue weighted by atomic mass is 32.5. The Morgan fingerprint density at radius 3 is 2.24 bits per heavy atom. The summed E-state index contributed by atoms with van der Waals surface area (Å²) in [5, 5.41) is 0. The SMILES string of the molecule is [B][P@]1(=O)OC[C@H]2O[C@@H](n3cnc4c(N)ncnc43)[C@H](F)[C@@H]2OP(O)(=S)OC[C@H]2O[C@@H](n3cnc4c(=O)[nH]c(N)nc43)[C@H](F)[C@@H]2O1. The third kappa shape index (κ3) is 5.45. The van der Waals surface area contributed by atoms with Crippen molar-refractivity contribution in [1.82, 2.24) is 39.0 Å². The summed E-state index contributed by atoms with van der Waals surface area (Å²) < 4.78 is 80.7. The Morgan fingerprint density at radius 2 is 1.56 bits per heavy atom. The van der Waals surface area contributed by atoms with Crippen LogP contribution in [0.15, 0.2) is 23.8 Å². The highest BCUT2D eigenvalue weighted by molar-refractivity contribution is 8.07. The van der Waals surface area contributed by atoms with E-state index < -0.39 is 82.2 Å². The molecule has 0 spiro atoms. The van der Waals surface area contributed by atoms with Gasteiger partial charge in [0.2, 0.25) is 13.5 Å². The van der Waals surface area contributed by atoms with Crippen LogP contribution in [0.25, 0.3) is 22.3 Å². The number of nitrogens with zero attached hydrogens (tertiary/aromatic N) is 7. The molecule has 19 nitrogen and oxygen atoms in total. The van der Waals surface area contributed by atoms with Gasteiger partial charge < -0.3 is 39.4 Å². The molecule has 4 aromatic heterocycles. The molecule has 10 atom stereocenters. The summed E-state index contributed by atoms with van der Waals surface area (Å²) in [6, 6.07) is 0. The van der Waals surface area contributed by atoms with Gasteiger partial charge in [-0.25, -0.2) is 28.7 Å². The lowest BCUT2D eigenvalue weighted by atomic mass is 10.1. The van der Waals surface area contributed by atoms with Crippen molar-refractivity contribution in [2.24, 2.45) is 0 Å². The minimum atomic E-state index is -4.62. The number of fused-ring (bicyclic) bond motifs is 4. The maximum absolute atomic E-state index is 16.0. The Morgan fingerprint density at radius 1 is 0.956 bits per heavy atom. The number of imidazole rings is 2. The maximum Gasteiger partial charge on any atom is 0.325 e. The minimum Gasteiger partial charge on any atom is -0.382 e. The van der Waals surface area contributed by atoms with E-state index in [2.05, 4.69) is 29.9 Å². The van der Waals surface area contributed by atoms with Crippen molar-refractivity contribution in [2.45, 2.75) is 49.2 Å². The molecule has 2 radical (unpaired) electrons. The largest absolute Gasteiger partial charge is 0.382 e. The molecule has 7 heterocycles. The number of hydrogen-bond acceptors (Lipinski definition) is 16. The molecule has 0 bridgehead atoms. The van der Waals surface area contributed by atoms with Gasteiger partial charge in [0, 0.05) is 0 Å². The second-order valence-electron chi connectivity index (χ2n) is 10.1. The molecule has 3 fully saturated rings. The van der Waals surface area contributed by atoms with Gasteiger partial charge in [-0.2, -0.15) is 4.98 Å². The molecule has 3 aliphatic heterocycles. The molecule has 7 rings (SSSR count). The Balaban J connectivity index is 1.17. The third-order valence-corrected chi connectivity index (χ3v) is 9.87. The predicted molar refractivity (Wildman–Crippen MR) is 151 cm³/mol. The normalized spacial score (nSPS) is 37.7. The van der Waals surface area contributed by atoms with Crippen molar-refractivity contribution in [3.8, 4) is 0 Å². The first kappa shape index (κ1) is 30.7. The van der Waals surface area contributed by atoms with E-state index in [0.717, 1.165) is 17.2 Å². The van der Waals surface area contributed by atoms with Gasteiger partial charge in [-0.1, -0.05) is 0 Å². The van der Waals surface area contributed by atoms with E-state index in [1.165, 1.54) is 10.9 Å². The highest BCUT2D eigenvalue weighted by Gasteiger charge is 2.53. The van der Waals surface area contributed by atoms with Crippen molar-refractivity contribution in [1.29, 1.82) is 0 Å². The first-order valence-electron chi connectivity index (χ1n) is 12.9. The van der Waals surface area contributed by atoms with Gasteiger partial charge >= 0.3 is 6.72 Å². The van der Waals surface area contributed by atoms with Crippen LogP contribution in [-0.4, -0.2) is 101 Å². The van der Waals surface area contributed by atoms with E-state index in [0.29, 0.717) is 0 Å². The topological polar surface area (TPSA) is 252 Å². The summed E-state index contributed by atoms with van der Waals surface area (Å²) in [6.45, 7) is -5.72. The fraction of sp³-hybridized carbons (Fsp3) is 0.500. The molecule has 0 saturated carbocycles. The Bertz CT molecular complexity index is 1950. The smallest absolute Gasteiger partial charge is 0.325 e. The van der Waals surface area contributed by atoms with Crippen LogP contribution in [0.1, 0.15) is 12.5 Å². The molecule has 238 valence electrons. The van der Waals surface area contributed by atoms with Crippen LogP contribution < -0.4 is 17.0 Å². The van der Waals surface area contributed by atoms with Crippen molar-refractivity contribution in [3.05, 3.63) is 29.3 Å². The first-order chi connectivity index (χ1) is 21.3. The number of aromatic amines is 1. The van der Waals surface area contributed by atoms with Crippen LogP contribution in [0.4, 0.5) is 20.5 Å². The summed E-state index contributed by atoms with van der Waals surface area (Å²) in [5.74, 6) is -0.235. The monoisotopic (exact) mass is 688 g/mol. The van der Waals surface area contributed by atoms with Crippen molar-refractivity contribution in [3.63, 3.8) is 0 Å². The number of rotatable bonds is 2. The maximum atomic E-state index is 16.0. The van der Waals surface area contributed by atoms with E-state index in [1.807, 2.05) is 0 Å².